The summed E-state index contributed by atoms with van der Waals surface area (Å²) in [7, 11) is 0. The smallest absolute Gasteiger partial charge is 0.141 e. The van der Waals surface area contributed by atoms with Crippen LogP contribution in [-0.2, 0) is 0 Å². The van der Waals surface area contributed by atoms with E-state index in [2.05, 4.69) is 31.9 Å². The molecule has 0 spiro atoms. The molecule has 0 saturated heterocycles. The van der Waals surface area contributed by atoms with E-state index in [1.165, 1.54) is 0 Å². The highest BCUT2D eigenvalue weighted by Crippen LogP contribution is 2.41. The Bertz CT molecular complexity index is 516. The first-order valence-corrected chi connectivity index (χ1v) is 7.44. The predicted octanol–water partition coefficient (Wildman–Crippen LogP) is 5.16. The molecule has 0 atom stereocenters. The minimum Gasteiger partial charge on any atom is -0.492 e. The van der Waals surface area contributed by atoms with Crippen LogP contribution in [0.4, 0.5) is 0 Å². The first-order valence-electron chi connectivity index (χ1n) is 5.85. The van der Waals surface area contributed by atoms with Gasteiger partial charge in [-0.3, -0.25) is 0 Å². The van der Waals surface area contributed by atoms with Gasteiger partial charge in [-0.25, -0.2) is 0 Å². The lowest BCUT2D eigenvalue weighted by atomic mass is 10.1. The number of fused-ring (bicyclic) bond motifs is 1. The molecular weight excluding hydrogens is 360 g/mol. The molecule has 0 aliphatic rings. The minimum atomic E-state index is 0.637. The average Bonchev–Trinajstić information content (AvgIpc) is 2.36. The Hall–Kier alpha value is -0.740. The van der Waals surface area contributed by atoms with Gasteiger partial charge in [0.2, 0.25) is 0 Å². The van der Waals surface area contributed by atoms with Gasteiger partial charge in [-0.05, 0) is 70.0 Å². The van der Waals surface area contributed by atoms with Gasteiger partial charge in [-0.15, -0.1) is 0 Å². The molecule has 18 heavy (non-hydrogen) atoms. The zero-order valence-electron chi connectivity index (χ0n) is 10.3. The van der Waals surface area contributed by atoms with Gasteiger partial charge >= 0.3 is 0 Å². The molecule has 96 valence electrons. The first kappa shape index (κ1) is 13.7. The molecule has 0 radical (unpaired) electrons. The second kappa shape index (κ2) is 5.93. The van der Waals surface area contributed by atoms with Gasteiger partial charge in [-0.1, -0.05) is 0 Å². The summed E-state index contributed by atoms with van der Waals surface area (Å²) >= 11 is 7.05. The summed E-state index contributed by atoms with van der Waals surface area (Å²) in [6.45, 7) is 5.23. The van der Waals surface area contributed by atoms with Crippen LogP contribution in [0.3, 0.4) is 0 Å². The Kier molecular flexibility index (Phi) is 4.51. The Balaban J connectivity index is 2.71. The zero-order chi connectivity index (χ0) is 13.1. The van der Waals surface area contributed by atoms with Crippen LogP contribution in [-0.4, -0.2) is 13.2 Å². The van der Waals surface area contributed by atoms with Gasteiger partial charge in [0.05, 0.1) is 22.2 Å². The monoisotopic (exact) mass is 372 g/mol. The second-order valence-electron chi connectivity index (χ2n) is 3.71. The number of benzene rings is 2. The Morgan fingerprint density at radius 1 is 0.778 bits per heavy atom. The summed E-state index contributed by atoms with van der Waals surface area (Å²) in [4.78, 5) is 0. The fraction of sp³-hybridized carbons (Fsp3) is 0.286. The number of halogens is 2. The van der Waals surface area contributed by atoms with E-state index in [1.54, 1.807) is 0 Å². The van der Waals surface area contributed by atoms with E-state index in [0.29, 0.717) is 13.2 Å². The van der Waals surface area contributed by atoms with E-state index < -0.39 is 0 Å². The van der Waals surface area contributed by atoms with Crippen LogP contribution in [0.1, 0.15) is 13.8 Å². The third-order valence-electron chi connectivity index (χ3n) is 2.58. The van der Waals surface area contributed by atoms with Crippen LogP contribution in [0.2, 0.25) is 0 Å². The maximum Gasteiger partial charge on any atom is 0.141 e. The van der Waals surface area contributed by atoms with Crippen molar-refractivity contribution in [3.63, 3.8) is 0 Å². The summed E-state index contributed by atoms with van der Waals surface area (Å²) in [6, 6.07) is 8.06. The summed E-state index contributed by atoms with van der Waals surface area (Å²) in [5, 5.41) is 2.11. The van der Waals surface area contributed by atoms with Gasteiger partial charge < -0.3 is 9.47 Å². The van der Waals surface area contributed by atoms with Gasteiger partial charge in [0, 0.05) is 10.8 Å². The summed E-state index contributed by atoms with van der Waals surface area (Å²) in [5.74, 6) is 1.73. The number of hydrogen-bond acceptors (Lipinski definition) is 2. The van der Waals surface area contributed by atoms with Gasteiger partial charge in [0.15, 0.2) is 0 Å². The van der Waals surface area contributed by atoms with Gasteiger partial charge in [0.1, 0.15) is 11.5 Å². The van der Waals surface area contributed by atoms with Crippen LogP contribution >= 0.6 is 31.9 Å². The van der Waals surface area contributed by atoms with E-state index in [1.807, 2.05) is 38.1 Å². The molecule has 0 aliphatic carbocycles. The van der Waals surface area contributed by atoms with Crippen LogP contribution in [0.25, 0.3) is 10.8 Å². The zero-order valence-corrected chi connectivity index (χ0v) is 13.5. The molecule has 2 nitrogen and oxygen atoms in total. The Morgan fingerprint density at radius 3 is 1.50 bits per heavy atom. The normalized spacial score (nSPS) is 10.7. The Labute approximate surface area is 124 Å². The Morgan fingerprint density at radius 2 is 1.17 bits per heavy atom. The third-order valence-corrected chi connectivity index (χ3v) is 3.83. The molecule has 2 rings (SSSR count). The highest BCUT2D eigenvalue weighted by Gasteiger charge is 2.12. The highest BCUT2D eigenvalue weighted by molar-refractivity contribution is 9.11. The van der Waals surface area contributed by atoms with Crippen LogP contribution in [0, 0.1) is 0 Å². The highest BCUT2D eigenvalue weighted by atomic mass is 79.9. The van der Waals surface area contributed by atoms with Crippen molar-refractivity contribution in [3.05, 3.63) is 33.2 Å². The summed E-state index contributed by atoms with van der Waals surface area (Å²) in [5.41, 5.74) is 0. The van der Waals surface area contributed by atoms with Crippen LogP contribution < -0.4 is 9.47 Å². The van der Waals surface area contributed by atoms with Crippen LogP contribution in [0.15, 0.2) is 33.2 Å². The fourth-order valence-corrected chi connectivity index (χ4v) is 2.80. The number of hydrogen-bond donors (Lipinski definition) is 0. The molecule has 0 unspecified atom stereocenters. The van der Waals surface area contributed by atoms with Crippen molar-refractivity contribution in [1.82, 2.24) is 0 Å². The van der Waals surface area contributed by atoms with E-state index >= 15 is 0 Å². The molecular formula is C14H14Br2O2. The van der Waals surface area contributed by atoms with Crippen molar-refractivity contribution in [2.45, 2.75) is 13.8 Å². The maximum absolute atomic E-state index is 5.71. The molecule has 0 fully saturated rings. The van der Waals surface area contributed by atoms with E-state index in [4.69, 9.17) is 9.47 Å². The molecule has 0 bridgehead atoms. The molecule has 2 aromatic rings. The molecule has 0 heterocycles. The molecule has 0 aromatic heterocycles. The summed E-state index contributed by atoms with van der Waals surface area (Å²) < 4.78 is 13.3. The first-order chi connectivity index (χ1) is 8.69. The average molecular weight is 374 g/mol. The number of rotatable bonds is 4. The van der Waals surface area contributed by atoms with Crippen molar-refractivity contribution in [3.8, 4) is 11.5 Å². The maximum atomic E-state index is 5.71. The molecule has 0 amide bonds. The fourth-order valence-electron chi connectivity index (χ4n) is 1.88. The SMILES string of the molecule is CCOc1c(Br)ccc2c(OCC)c(Br)ccc12. The molecule has 0 saturated carbocycles. The minimum absolute atomic E-state index is 0.637. The van der Waals surface area contributed by atoms with Gasteiger partial charge in [-0.2, -0.15) is 0 Å². The van der Waals surface area contributed by atoms with Crippen molar-refractivity contribution in [2.75, 3.05) is 13.2 Å². The van der Waals surface area contributed by atoms with E-state index in [-0.39, 0.29) is 0 Å². The molecule has 2 aromatic carbocycles. The largest absolute Gasteiger partial charge is 0.492 e. The van der Waals surface area contributed by atoms with Crippen LogP contribution in [0.5, 0.6) is 11.5 Å². The van der Waals surface area contributed by atoms with Crippen molar-refractivity contribution in [1.29, 1.82) is 0 Å². The van der Waals surface area contributed by atoms with E-state index in [0.717, 1.165) is 31.2 Å². The summed E-state index contributed by atoms with van der Waals surface area (Å²) in [6.07, 6.45) is 0. The van der Waals surface area contributed by atoms with E-state index in [9.17, 15) is 0 Å². The van der Waals surface area contributed by atoms with Gasteiger partial charge in [0.25, 0.3) is 0 Å². The lowest BCUT2D eigenvalue weighted by molar-refractivity contribution is 0.338. The lowest BCUT2D eigenvalue weighted by Gasteiger charge is -2.14. The number of ether oxygens (including phenoxy) is 2. The van der Waals surface area contributed by atoms with Crippen molar-refractivity contribution >= 4 is 42.6 Å². The van der Waals surface area contributed by atoms with Crippen molar-refractivity contribution < 1.29 is 9.47 Å². The lowest BCUT2D eigenvalue weighted by Crippen LogP contribution is -1.97. The quantitative estimate of drug-likeness (QED) is 0.736. The second-order valence-corrected chi connectivity index (χ2v) is 5.42. The topological polar surface area (TPSA) is 18.5 Å². The van der Waals surface area contributed by atoms with Crippen molar-refractivity contribution in [2.24, 2.45) is 0 Å². The predicted molar refractivity (Wildman–Crippen MR) is 81.7 cm³/mol. The molecule has 0 aliphatic heterocycles. The molecule has 0 N–H and O–H groups in total. The standard InChI is InChI=1S/C14H14Br2O2/c1-3-17-13-9-5-8-12(16)14(18-4-2)10(9)6-7-11(13)15/h5-8H,3-4H2,1-2H3. The third kappa shape index (κ3) is 2.50. The molecule has 4 heteroatoms.